The molecule has 0 aromatic carbocycles. The lowest BCUT2D eigenvalue weighted by atomic mass is 9.69. The highest BCUT2D eigenvalue weighted by Crippen LogP contribution is 2.73. The van der Waals surface area contributed by atoms with E-state index in [1.165, 1.54) is 0 Å². The third-order valence-corrected chi connectivity index (χ3v) is 3.81. The third kappa shape index (κ3) is 2.44. The molecule has 2 nitrogen and oxygen atoms in total. The zero-order valence-corrected chi connectivity index (χ0v) is 13.2. The molecule has 17 heteroatoms. The zero-order chi connectivity index (χ0) is 23.9. The predicted octanol–water partition coefficient (Wildman–Crippen LogP) is 5.23. The Hall–Kier alpha value is -1.84. The predicted molar refractivity (Wildman–Crippen MR) is 59.4 cm³/mol. The number of carbonyl (C=O) groups excluding carboxylic acids is 1. The van der Waals surface area contributed by atoms with Gasteiger partial charge in [0.25, 0.3) is 0 Å². The highest BCUT2D eigenvalue weighted by Gasteiger charge is 3.07. The van der Waals surface area contributed by atoms with E-state index in [1.54, 1.807) is 0 Å². The van der Waals surface area contributed by atoms with Gasteiger partial charge in [-0.1, -0.05) is 6.58 Å². The first-order chi connectivity index (χ1) is 12.3. The summed E-state index contributed by atoms with van der Waals surface area (Å²) in [4.78, 5) is 10.8. The lowest BCUT2D eigenvalue weighted by molar-refractivity contribution is -0.524. The second-order valence-electron chi connectivity index (χ2n) is 5.79. The van der Waals surface area contributed by atoms with Crippen molar-refractivity contribution in [2.75, 3.05) is 0 Å². The molecule has 0 atom stereocenters. The van der Waals surface area contributed by atoms with Crippen molar-refractivity contribution >= 4 is 5.97 Å². The number of carbonyl (C=O) groups is 1. The molecular formula is C12H5F15O2. The van der Waals surface area contributed by atoms with Crippen molar-refractivity contribution in [1.82, 2.24) is 0 Å². The van der Waals surface area contributed by atoms with Gasteiger partial charge < -0.3 is 4.74 Å². The molecule has 0 saturated heterocycles. The normalized spacial score (nSPS) is 26.5. The summed E-state index contributed by atoms with van der Waals surface area (Å²) in [5.41, 5.74) is -9.67. The Kier molecular flexibility index (Phi) is 5.09. The molecular weight excluding hydrogens is 461 g/mol. The number of hydrogen-bond acceptors (Lipinski definition) is 2. The molecule has 0 radical (unpaired) electrons. The van der Waals surface area contributed by atoms with Crippen LogP contribution in [0.1, 0.15) is 6.92 Å². The van der Waals surface area contributed by atoms with E-state index in [4.69, 9.17) is 0 Å². The van der Waals surface area contributed by atoms with E-state index >= 15 is 0 Å². The Bertz CT molecular complexity index is 693. The Balaban J connectivity index is 3.94. The van der Waals surface area contributed by atoms with Crippen LogP contribution >= 0.6 is 0 Å². The molecule has 1 saturated carbocycles. The highest BCUT2D eigenvalue weighted by atomic mass is 19.4. The van der Waals surface area contributed by atoms with Gasteiger partial charge in [-0.25, -0.2) is 9.18 Å². The quantitative estimate of drug-likeness (QED) is 0.322. The van der Waals surface area contributed by atoms with Gasteiger partial charge in [-0.15, -0.1) is 0 Å². The lowest BCUT2D eigenvalue weighted by Crippen LogP contribution is -2.88. The summed E-state index contributed by atoms with van der Waals surface area (Å²) in [5.74, 6) is -51.3. The number of ether oxygens (including phenoxy) is 1. The van der Waals surface area contributed by atoms with Crippen LogP contribution in [0.15, 0.2) is 12.2 Å². The largest absolute Gasteiger partial charge is 0.470 e. The first kappa shape index (κ1) is 25.2. The molecule has 170 valence electrons. The second kappa shape index (κ2) is 5.86. The van der Waals surface area contributed by atoms with Crippen LogP contribution in [-0.4, -0.2) is 53.3 Å². The number of halogens is 15. The Morgan fingerprint density at radius 3 is 1.24 bits per heavy atom. The van der Waals surface area contributed by atoms with Gasteiger partial charge in [-0.3, -0.25) is 0 Å². The van der Waals surface area contributed by atoms with Crippen LogP contribution in [0.4, 0.5) is 65.9 Å². The van der Waals surface area contributed by atoms with Gasteiger partial charge in [0.15, 0.2) is 0 Å². The summed E-state index contributed by atoms with van der Waals surface area (Å²) in [5, 5.41) is 0. The maximum absolute atomic E-state index is 14.2. The van der Waals surface area contributed by atoms with Crippen molar-refractivity contribution in [2.24, 2.45) is 0 Å². The van der Waals surface area contributed by atoms with Crippen molar-refractivity contribution in [1.29, 1.82) is 0 Å². The van der Waals surface area contributed by atoms with Gasteiger partial charge in [-0.05, 0) is 6.92 Å². The fourth-order valence-electron chi connectivity index (χ4n) is 2.08. The first-order valence-electron chi connectivity index (χ1n) is 6.55. The third-order valence-electron chi connectivity index (χ3n) is 3.81. The van der Waals surface area contributed by atoms with E-state index in [0.717, 1.165) is 0 Å². The van der Waals surface area contributed by atoms with Gasteiger partial charge in [-0.2, -0.15) is 61.5 Å². The van der Waals surface area contributed by atoms with Crippen molar-refractivity contribution < 1.29 is 75.4 Å². The van der Waals surface area contributed by atoms with Crippen LogP contribution in [-0.2, 0) is 9.53 Å². The van der Waals surface area contributed by atoms with E-state index in [-0.39, 0.29) is 0 Å². The SMILES string of the molecule is C=C(C)C(=O)OC(F)(F)C(F)(F)C1(F)C(F)(F)C(F)(F)C(F)(F)C(F)(F)C1(F)F. The van der Waals surface area contributed by atoms with Crippen molar-refractivity contribution in [2.45, 2.75) is 54.2 Å². The van der Waals surface area contributed by atoms with Crippen LogP contribution in [0.3, 0.4) is 0 Å². The minimum absolute atomic E-state index is 0.411. The van der Waals surface area contributed by atoms with E-state index in [1.807, 2.05) is 0 Å². The molecule has 0 aromatic heterocycles. The van der Waals surface area contributed by atoms with E-state index in [2.05, 4.69) is 11.3 Å². The van der Waals surface area contributed by atoms with E-state index in [0.29, 0.717) is 6.92 Å². The lowest BCUT2D eigenvalue weighted by Gasteiger charge is -2.54. The minimum Gasteiger partial charge on any atom is -0.393 e. The van der Waals surface area contributed by atoms with Gasteiger partial charge in [0.1, 0.15) is 0 Å². The van der Waals surface area contributed by atoms with Crippen LogP contribution < -0.4 is 0 Å². The van der Waals surface area contributed by atoms with E-state index < -0.39 is 58.9 Å². The number of alkyl halides is 15. The summed E-state index contributed by atoms with van der Waals surface area (Å²) in [6.07, 6.45) is -7.25. The monoisotopic (exact) mass is 466 g/mol. The standard InChI is InChI=1S/C12H5F15O2/c1-3(2)4(28)29-12(26,27)8(18,19)5(13)6(14,15)9(20,21)11(24,25)10(22,23)7(5,16)17/h1H2,2H3. The molecule has 29 heavy (non-hydrogen) atoms. The number of esters is 1. The molecule has 1 aliphatic carbocycles. The molecule has 0 unspecified atom stereocenters. The van der Waals surface area contributed by atoms with Crippen molar-refractivity contribution in [3.63, 3.8) is 0 Å². The smallest absolute Gasteiger partial charge is 0.393 e. The summed E-state index contributed by atoms with van der Waals surface area (Å²) in [7, 11) is 0. The molecule has 1 fully saturated rings. The molecule has 0 heterocycles. The van der Waals surface area contributed by atoms with E-state index in [9.17, 15) is 70.7 Å². The Labute approximate surface area is 149 Å². The average molecular weight is 466 g/mol. The second-order valence-corrected chi connectivity index (χ2v) is 5.79. The topological polar surface area (TPSA) is 26.3 Å². The summed E-state index contributed by atoms with van der Waals surface area (Å²) < 4.78 is 203. The number of rotatable bonds is 4. The molecule has 0 aromatic rings. The van der Waals surface area contributed by atoms with Crippen molar-refractivity contribution in [3.05, 3.63) is 12.2 Å². The van der Waals surface area contributed by atoms with Gasteiger partial charge in [0, 0.05) is 5.57 Å². The molecule has 1 rings (SSSR count). The molecule has 0 amide bonds. The van der Waals surface area contributed by atoms with Crippen molar-refractivity contribution in [3.8, 4) is 0 Å². The first-order valence-corrected chi connectivity index (χ1v) is 6.55. The summed E-state index contributed by atoms with van der Waals surface area (Å²) >= 11 is 0. The maximum Gasteiger partial charge on any atom is 0.470 e. The Morgan fingerprint density at radius 1 is 0.690 bits per heavy atom. The zero-order valence-electron chi connectivity index (χ0n) is 13.2. The minimum atomic E-state index is -8.39. The van der Waals surface area contributed by atoms with Gasteiger partial charge in [0.2, 0.25) is 0 Å². The van der Waals surface area contributed by atoms with Crippen LogP contribution in [0.2, 0.25) is 0 Å². The van der Waals surface area contributed by atoms with Crippen LogP contribution in [0.5, 0.6) is 0 Å². The van der Waals surface area contributed by atoms with Gasteiger partial charge in [0.05, 0.1) is 0 Å². The van der Waals surface area contributed by atoms with Crippen LogP contribution in [0, 0.1) is 0 Å². The molecule has 0 spiro atoms. The highest BCUT2D eigenvalue weighted by molar-refractivity contribution is 5.87. The average Bonchev–Trinajstić information content (AvgIpc) is 2.50. The molecule has 0 aliphatic heterocycles. The summed E-state index contributed by atoms with van der Waals surface area (Å²) in [6.45, 7) is 2.90. The molecule has 0 N–H and O–H groups in total. The summed E-state index contributed by atoms with van der Waals surface area (Å²) in [6, 6.07) is 0. The van der Waals surface area contributed by atoms with Crippen LogP contribution in [0.25, 0.3) is 0 Å². The maximum atomic E-state index is 14.2. The fourth-order valence-corrected chi connectivity index (χ4v) is 2.08. The van der Waals surface area contributed by atoms with Gasteiger partial charge >= 0.3 is 53.3 Å². The Morgan fingerprint density at radius 2 is 0.966 bits per heavy atom. The number of hydrogen-bond donors (Lipinski definition) is 0. The molecule has 1 aliphatic rings. The fraction of sp³-hybridized carbons (Fsp3) is 0.750. The molecule has 0 bridgehead atoms.